The number of hydrogen-bond donors (Lipinski definition) is 0. The Labute approximate surface area is 287 Å². The molecule has 0 fully saturated rings. The van der Waals surface area contributed by atoms with E-state index in [0.29, 0.717) is 0 Å². The average Bonchev–Trinajstić information content (AvgIpc) is 3.75. The van der Waals surface area contributed by atoms with E-state index in [4.69, 9.17) is 4.42 Å². The van der Waals surface area contributed by atoms with Crippen LogP contribution >= 0.6 is 11.3 Å². The molecule has 49 heavy (non-hydrogen) atoms. The minimum atomic E-state index is 0.883. The summed E-state index contributed by atoms with van der Waals surface area (Å²) in [5.74, 6) is 0. The fourth-order valence-corrected chi connectivity index (χ4v) is 8.66. The van der Waals surface area contributed by atoms with Crippen LogP contribution < -0.4 is 4.90 Å². The highest BCUT2D eigenvalue weighted by molar-refractivity contribution is 7.26. The second-order valence-corrected chi connectivity index (χ2v) is 13.5. The summed E-state index contributed by atoms with van der Waals surface area (Å²) in [7, 11) is 0. The summed E-state index contributed by atoms with van der Waals surface area (Å²) in [6, 6.07) is 63.1. The number of benzene rings is 8. The molecule has 230 valence electrons. The Morgan fingerprint density at radius 2 is 1.04 bits per heavy atom. The van der Waals surface area contributed by atoms with Crippen molar-refractivity contribution >= 4 is 81.3 Å². The lowest BCUT2D eigenvalue weighted by molar-refractivity contribution is 0.669. The van der Waals surface area contributed by atoms with Crippen LogP contribution in [0.2, 0.25) is 0 Å². The molecule has 0 amide bonds. The number of fused-ring (bicyclic) bond motifs is 8. The molecule has 0 spiro atoms. The van der Waals surface area contributed by atoms with E-state index in [0.717, 1.165) is 50.1 Å². The monoisotopic (exact) mass is 643 g/mol. The van der Waals surface area contributed by atoms with E-state index >= 15 is 0 Å². The zero-order chi connectivity index (χ0) is 32.3. The van der Waals surface area contributed by atoms with Crippen LogP contribution in [0.3, 0.4) is 0 Å². The average molecular weight is 644 g/mol. The highest BCUT2D eigenvalue weighted by Crippen LogP contribution is 2.51. The maximum atomic E-state index is 6.63. The molecule has 10 rings (SSSR count). The lowest BCUT2D eigenvalue weighted by Gasteiger charge is -2.29. The highest BCUT2D eigenvalue weighted by atomic mass is 32.1. The Kier molecular flexibility index (Phi) is 6.39. The van der Waals surface area contributed by atoms with E-state index in [1.54, 1.807) is 0 Å². The minimum absolute atomic E-state index is 0.883. The zero-order valence-corrected chi connectivity index (χ0v) is 27.3. The van der Waals surface area contributed by atoms with Crippen LogP contribution in [-0.4, -0.2) is 0 Å². The van der Waals surface area contributed by atoms with Crippen molar-refractivity contribution < 1.29 is 4.42 Å². The first-order valence-electron chi connectivity index (χ1n) is 16.6. The minimum Gasteiger partial charge on any atom is -0.456 e. The molecule has 0 aliphatic rings. The van der Waals surface area contributed by atoms with Gasteiger partial charge in [-0.25, -0.2) is 0 Å². The molecule has 2 heterocycles. The van der Waals surface area contributed by atoms with Gasteiger partial charge in [0.25, 0.3) is 0 Å². The van der Waals surface area contributed by atoms with Gasteiger partial charge in [0, 0.05) is 37.5 Å². The maximum absolute atomic E-state index is 6.63. The summed E-state index contributed by atoms with van der Waals surface area (Å²) in [5.41, 5.74) is 9.82. The number of anilines is 3. The van der Waals surface area contributed by atoms with Crippen LogP contribution in [0.5, 0.6) is 0 Å². The summed E-state index contributed by atoms with van der Waals surface area (Å²) < 4.78 is 9.18. The number of rotatable bonds is 5. The Balaban J connectivity index is 1.32. The van der Waals surface area contributed by atoms with Crippen LogP contribution in [0.4, 0.5) is 17.1 Å². The smallest absolute Gasteiger partial charge is 0.136 e. The van der Waals surface area contributed by atoms with Gasteiger partial charge in [-0.05, 0) is 69.9 Å². The van der Waals surface area contributed by atoms with Crippen LogP contribution in [0.25, 0.3) is 75.1 Å². The van der Waals surface area contributed by atoms with Crippen LogP contribution in [0.1, 0.15) is 0 Å². The predicted octanol–water partition coefficient (Wildman–Crippen LogP) is 13.9. The van der Waals surface area contributed by atoms with Gasteiger partial charge in [-0.1, -0.05) is 133 Å². The molecule has 0 aliphatic carbocycles. The van der Waals surface area contributed by atoms with Gasteiger partial charge in [0.05, 0.1) is 16.1 Å². The molecule has 3 heteroatoms. The van der Waals surface area contributed by atoms with Gasteiger partial charge >= 0.3 is 0 Å². The van der Waals surface area contributed by atoms with Crippen molar-refractivity contribution in [1.29, 1.82) is 0 Å². The SMILES string of the molecule is c1ccc(-c2ccc(N(c3ccc4oc5ccc6ccccc6c5c4c3-c3ccccc3)c3cccc4c3sc3ccccc34)cc2)cc1. The Bertz CT molecular complexity index is 2810. The largest absolute Gasteiger partial charge is 0.456 e. The normalized spacial score (nSPS) is 11.7. The summed E-state index contributed by atoms with van der Waals surface area (Å²) in [5, 5.41) is 7.22. The Morgan fingerprint density at radius 1 is 0.408 bits per heavy atom. The molecule has 0 atom stereocenters. The summed E-state index contributed by atoms with van der Waals surface area (Å²) in [6.07, 6.45) is 0. The molecule has 0 saturated heterocycles. The van der Waals surface area contributed by atoms with E-state index in [1.807, 2.05) is 11.3 Å². The molecule has 0 radical (unpaired) electrons. The maximum Gasteiger partial charge on any atom is 0.136 e. The van der Waals surface area contributed by atoms with Crippen molar-refractivity contribution in [3.8, 4) is 22.3 Å². The van der Waals surface area contributed by atoms with E-state index < -0.39 is 0 Å². The van der Waals surface area contributed by atoms with Crippen LogP contribution in [0, 0.1) is 0 Å². The standard InChI is InChI=1S/C46H29NOS/c1-3-12-30(13-4-1)31-22-25-34(26-23-31)47(39-20-11-19-37-36-18-9-10-21-42(36)49-46(37)39)38-27-29-41-45(43(38)33-15-5-2-6-16-33)44-35-17-8-7-14-32(35)24-28-40(44)48-41/h1-29H. The predicted molar refractivity (Wildman–Crippen MR) is 210 cm³/mol. The number of furan rings is 1. The molecule has 0 unspecified atom stereocenters. The van der Waals surface area contributed by atoms with E-state index in [2.05, 4.69) is 181 Å². The third kappa shape index (κ3) is 4.47. The first kappa shape index (κ1) is 27.9. The van der Waals surface area contributed by atoms with Crippen molar-refractivity contribution in [2.24, 2.45) is 0 Å². The Morgan fingerprint density at radius 3 is 1.86 bits per heavy atom. The third-order valence-corrected chi connectivity index (χ3v) is 10.9. The van der Waals surface area contributed by atoms with Crippen molar-refractivity contribution in [2.45, 2.75) is 0 Å². The van der Waals surface area contributed by atoms with Crippen molar-refractivity contribution in [3.63, 3.8) is 0 Å². The van der Waals surface area contributed by atoms with Gasteiger partial charge < -0.3 is 9.32 Å². The number of thiophene rings is 1. The zero-order valence-electron chi connectivity index (χ0n) is 26.5. The number of hydrogen-bond acceptors (Lipinski definition) is 3. The van der Waals surface area contributed by atoms with Crippen LogP contribution in [0.15, 0.2) is 180 Å². The second kappa shape index (κ2) is 11.2. The fraction of sp³-hybridized carbons (Fsp3) is 0. The summed E-state index contributed by atoms with van der Waals surface area (Å²) >= 11 is 1.86. The summed E-state index contributed by atoms with van der Waals surface area (Å²) in [6.45, 7) is 0. The quantitative estimate of drug-likeness (QED) is 0.186. The fourth-order valence-electron chi connectivity index (χ4n) is 7.45. The van der Waals surface area contributed by atoms with Gasteiger partial charge in [0.2, 0.25) is 0 Å². The Hall–Kier alpha value is -6.16. The van der Waals surface area contributed by atoms with Crippen molar-refractivity contribution in [2.75, 3.05) is 4.90 Å². The third-order valence-electron chi connectivity index (χ3n) is 9.67. The van der Waals surface area contributed by atoms with Crippen LogP contribution in [-0.2, 0) is 0 Å². The molecule has 0 saturated carbocycles. The van der Waals surface area contributed by atoms with Gasteiger partial charge in [-0.3, -0.25) is 0 Å². The van der Waals surface area contributed by atoms with Gasteiger partial charge in [0.1, 0.15) is 11.2 Å². The molecule has 2 nitrogen and oxygen atoms in total. The number of nitrogens with zero attached hydrogens (tertiary/aromatic N) is 1. The molecule has 0 bridgehead atoms. The van der Waals surface area contributed by atoms with E-state index in [1.165, 1.54) is 42.1 Å². The second-order valence-electron chi connectivity index (χ2n) is 12.5. The topological polar surface area (TPSA) is 16.4 Å². The van der Waals surface area contributed by atoms with Gasteiger partial charge in [-0.2, -0.15) is 0 Å². The molecular formula is C46H29NOS. The molecular weight excluding hydrogens is 615 g/mol. The van der Waals surface area contributed by atoms with Crippen molar-refractivity contribution in [3.05, 3.63) is 176 Å². The molecule has 2 aromatic heterocycles. The first-order chi connectivity index (χ1) is 24.3. The van der Waals surface area contributed by atoms with Gasteiger partial charge in [-0.15, -0.1) is 11.3 Å². The highest BCUT2D eigenvalue weighted by Gasteiger charge is 2.25. The molecule has 0 aliphatic heterocycles. The molecule has 0 N–H and O–H groups in total. The summed E-state index contributed by atoms with van der Waals surface area (Å²) in [4.78, 5) is 2.46. The van der Waals surface area contributed by atoms with E-state index in [-0.39, 0.29) is 0 Å². The molecule has 8 aromatic carbocycles. The van der Waals surface area contributed by atoms with Gasteiger partial charge in [0.15, 0.2) is 0 Å². The van der Waals surface area contributed by atoms with Crippen molar-refractivity contribution in [1.82, 2.24) is 0 Å². The first-order valence-corrected chi connectivity index (χ1v) is 17.4. The van der Waals surface area contributed by atoms with E-state index in [9.17, 15) is 0 Å². The lowest BCUT2D eigenvalue weighted by Crippen LogP contribution is -2.11. The lowest BCUT2D eigenvalue weighted by atomic mass is 9.94. The molecule has 10 aromatic rings.